The van der Waals surface area contributed by atoms with Gasteiger partial charge in [-0.05, 0) is 32.3 Å². The van der Waals surface area contributed by atoms with E-state index in [-0.39, 0.29) is 0 Å². The van der Waals surface area contributed by atoms with Crippen molar-refractivity contribution in [1.29, 1.82) is 0 Å². The van der Waals surface area contributed by atoms with Gasteiger partial charge in [0.1, 0.15) is 0 Å². The number of fused-ring (bicyclic) bond motifs is 1. The monoisotopic (exact) mass is 271 g/mol. The molecule has 1 aromatic heterocycles. The number of benzene rings is 1. The van der Waals surface area contributed by atoms with Crippen molar-refractivity contribution in [2.24, 2.45) is 0 Å². The second-order valence-electron chi connectivity index (χ2n) is 5.92. The van der Waals surface area contributed by atoms with Crippen LogP contribution in [0.2, 0.25) is 0 Å². The van der Waals surface area contributed by atoms with Gasteiger partial charge in [0, 0.05) is 18.5 Å². The number of aromatic nitrogens is 1. The SMILES string of the molecule is CC1(O)CCCN(c2c(N)cnc3ccccc23)CC1. The predicted octanol–water partition coefficient (Wildman–Crippen LogP) is 2.56. The number of para-hydroxylation sites is 1. The molecule has 1 aliphatic heterocycles. The molecule has 0 amide bonds. The van der Waals surface area contributed by atoms with E-state index in [0.29, 0.717) is 5.69 Å². The molecular formula is C16H21N3O. The molecule has 1 fully saturated rings. The fourth-order valence-electron chi connectivity index (χ4n) is 2.98. The average Bonchev–Trinajstić information content (AvgIpc) is 2.60. The van der Waals surface area contributed by atoms with Gasteiger partial charge < -0.3 is 15.7 Å². The summed E-state index contributed by atoms with van der Waals surface area (Å²) in [5, 5.41) is 11.3. The van der Waals surface area contributed by atoms with Crippen LogP contribution in [0.1, 0.15) is 26.2 Å². The number of aliphatic hydroxyl groups is 1. The molecule has 20 heavy (non-hydrogen) atoms. The first-order valence-electron chi connectivity index (χ1n) is 7.17. The highest BCUT2D eigenvalue weighted by Gasteiger charge is 2.26. The van der Waals surface area contributed by atoms with Gasteiger partial charge in [-0.2, -0.15) is 0 Å². The summed E-state index contributed by atoms with van der Waals surface area (Å²) in [7, 11) is 0. The van der Waals surface area contributed by atoms with Gasteiger partial charge in [0.05, 0.1) is 28.7 Å². The van der Waals surface area contributed by atoms with Crippen molar-refractivity contribution in [2.75, 3.05) is 23.7 Å². The Morgan fingerprint density at radius 2 is 2.05 bits per heavy atom. The molecular weight excluding hydrogens is 250 g/mol. The molecule has 3 N–H and O–H groups in total. The van der Waals surface area contributed by atoms with Crippen LogP contribution in [0.3, 0.4) is 0 Å². The maximum atomic E-state index is 10.2. The molecule has 106 valence electrons. The van der Waals surface area contributed by atoms with E-state index in [2.05, 4.69) is 16.0 Å². The number of nitrogens with zero attached hydrogens (tertiary/aromatic N) is 2. The molecule has 0 bridgehead atoms. The number of hydrogen-bond donors (Lipinski definition) is 2. The van der Waals surface area contributed by atoms with E-state index in [1.54, 1.807) is 6.20 Å². The largest absolute Gasteiger partial charge is 0.396 e. The van der Waals surface area contributed by atoms with E-state index in [0.717, 1.165) is 48.9 Å². The van der Waals surface area contributed by atoms with E-state index in [4.69, 9.17) is 5.73 Å². The van der Waals surface area contributed by atoms with Crippen LogP contribution in [0.5, 0.6) is 0 Å². The van der Waals surface area contributed by atoms with Gasteiger partial charge in [0.15, 0.2) is 0 Å². The molecule has 2 aromatic rings. The number of nitrogen functional groups attached to an aromatic ring is 1. The van der Waals surface area contributed by atoms with E-state index in [1.165, 1.54) is 0 Å². The highest BCUT2D eigenvalue weighted by Crippen LogP contribution is 2.34. The van der Waals surface area contributed by atoms with Gasteiger partial charge in [-0.15, -0.1) is 0 Å². The summed E-state index contributed by atoms with van der Waals surface area (Å²) in [5.41, 5.74) is 8.35. The lowest BCUT2D eigenvalue weighted by Gasteiger charge is -2.26. The smallest absolute Gasteiger partial charge is 0.0745 e. The minimum Gasteiger partial charge on any atom is -0.396 e. The lowest BCUT2D eigenvalue weighted by Crippen LogP contribution is -2.29. The number of rotatable bonds is 1. The molecule has 1 atom stereocenters. The molecule has 0 saturated carbocycles. The third kappa shape index (κ3) is 2.43. The topological polar surface area (TPSA) is 62.4 Å². The molecule has 4 nitrogen and oxygen atoms in total. The molecule has 4 heteroatoms. The summed E-state index contributed by atoms with van der Waals surface area (Å²) < 4.78 is 0. The quantitative estimate of drug-likeness (QED) is 0.836. The Morgan fingerprint density at radius 1 is 1.25 bits per heavy atom. The Hall–Kier alpha value is -1.81. The second-order valence-corrected chi connectivity index (χ2v) is 5.92. The molecule has 2 heterocycles. The van der Waals surface area contributed by atoms with Crippen LogP contribution in [0.4, 0.5) is 11.4 Å². The minimum absolute atomic E-state index is 0.563. The van der Waals surface area contributed by atoms with E-state index >= 15 is 0 Å². The maximum Gasteiger partial charge on any atom is 0.0745 e. The first kappa shape index (κ1) is 13.2. The Bertz CT molecular complexity index is 624. The van der Waals surface area contributed by atoms with Crippen LogP contribution in [0, 0.1) is 0 Å². The van der Waals surface area contributed by atoms with E-state index < -0.39 is 5.60 Å². The number of nitrogens with two attached hydrogens (primary N) is 1. The molecule has 0 aliphatic carbocycles. The zero-order valence-corrected chi connectivity index (χ0v) is 11.8. The fraction of sp³-hybridized carbons (Fsp3) is 0.438. The van der Waals surface area contributed by atoms with Crippen LogP contribution >= 0.6 is 0 Å². The van der Waals surface area contributed by atoms with Crippen molar-refractivity contribution in [2.45, 2.75) is 31.8 Å². The molecule has 1 unspecified atom stereocenters. The summed E-state index contributed by atoms with van der Waals surface area (Å²) in [6.45, 7) is 3.67. The van der Waals surface area contributed by atoms with Gasteiger partial charge >= 0.3 is 0 Å². The van der Waals surface area contributed by atoms with Crippen LogP contribution in [-0.2, 0) is 0 Å². The predicted molar refractivity (Wildman–Crippen MR) is 82.8 cm³/mol. The van der Waals surface area contributed by atoms with Crippen molar-refractivity contribution < 1.29 is 5.11 Å². The lowest BCUT2D eigenvalue weighted by molar-refractivity contribution is 0.0481. The van der Waals surface area contributed by atoms with Crippen LogP contribution in [0.15, 0.2) is 30.5 Å². The molecule has 0 spiro atoms. The average molecular weight is 271 g/mol. The van der Waals surface area contributed by atoms with Crippen LogP contribution in [-0.4, -0.2) is 28.8 Å². The Kier molecular flexibility index (Phi) is 3.26. The number of pyridine rings is 1. The minimum atomic E-state index is -0.563. The number of hydrogen-bond acceptors (Lipinski definition) is 4. The zero-order chi connectivity index (χ0) is 14.2. The molecule has 0 radical (unpaired) electrons. The summed E-state index contributed by atoms with van der Waals surface area (Å²) in [4.78, 5) is 6.68. The lowest BCUT2D eigenvalue weighted by atomic mass is 9.98. The van der Waals surface area contributed by atoms with Gasteiger partial charge in [0.2, 0.25) is 0 Å². The summed E-state index contributed by atoms with van der Waals surface area (Å²) in [5.74, 6) is 0. The molecule has 1 saturated heterocycles. The van der Waals surface area contributed by atoms with Gasteiger partial charge in [0.25, 0.3) is 0 Å². The summed E-state index contributed by atoms with van der Waals surface area (Å²) >= 11 is 0. The molecule has 1 aromatic carbocycles. The third-order valence-electron chi connectivity index (χ3n) is 4.16. The van der Waals surface area contributed by atoms with Crippen molar-refractivity contribution in [1.82, 2.24) is 4.98 Å². The Labute approximate surface area is 119 Å². The summed E-state index contributed by atoms with van der Waals surface area (Å²) in [6.07, 6.45) is 4.32. The van der Waals surface area contributed by atoms with Crippen molar-refractivity contribution >= 4 is 22.3 Å². The Morgan fingerprint density at radius 3 is 2.90 bits per heavy atom. The zero-order valence-electron chi connectivity index (χ0n) is 11.8. The van der Waals surface area contributed by atoms with Crippen molar-refractivity contribution in [3.63, 3.8) is 0 Å². The summed E-state index contributed by atoms with van der Waals surface area (Å²) in [6, 6.07) is 8.08. The third-order valence-corrected chi connectivity index (χ3v) is 4.16. The first-order valence-corrected chi connectivity index (χ1v) is 7.17. The first-order chi connectivity index (χ1) is 9.57. The van der Waals surface area contributed by atoms with Crippen molar-refractivity contribution in [3.8, 4) is 0 Å². The van der Waals surface area contributed by atoms with Crippen LogP contribution < -0.4 is 10.6 Å². The molecule has 1 aliphatic rings. The number of anilines is 2. The highest BCUT2D eigenvalue weighted by molar-refractivity contribution is 5.97. The highest BCUT2D eigenvalue weighted by atomic mass is 16.3. The Balaban J connectivity index is 2.03. The van der Waals surface area contributed by atoms with E-state index in [9.17, 15) is 5.11 Å². The second kappa shape index (κ2) is 4.94. The molecule has 3 rings (SSSR count). The van der Waals surface area contributed by atoms with Gasteiger partial charge in [-0.25, -0.2) is 0 Å². The standard InChI is InChI=1S/C16H21N3O/c1-16(20)7-4-9-19(10-8-16)15-12-5-2-3-6-14(12)18-11-13(15)17/h2-3,5-6,11,20H,4,7-10,17H2,1H3. The van der Waals surface area contributed by atoms with Gasteiger partial charge in [-0.1, -0.05) is 18.2 Å². The van der Waals surface area contributed by atoms with Crippen LogP contribution in [0.25, 0.3) is 10.9 Å². The fourth-order valence-corrected chi connectivity index (χ4v) is 2.98. The van der Waals surface area contributed by atoms with Crippen molar-refractivity contribution in [3.05, 3.63) is 30.5 Å². The maximum absolute atomic E-state index is 10.2. The van der Waals surface area contributed by atoms with E-state index in [1.807, 2.05) is 25.1 Å². The van der Waals surface area contributed by atoms with Gasteiger partial charge in [-0.3, -0.25) is 4.98 Å². The normalized spacial score (nSPS) is 23.8.